The van der Waals surface area contributed by atoms with Crippen molar-refractivity contribution in [3.63, 3.8) is 0 Å². The van der Waals surface area contributed by atoms with Gasteiger partial charge in [0, 0.05) is 17.8 Å². The van der Waals surface area contributed by atoms with Crippen molar-refractivity contribution in [1.29, 1.82) is 0 Å². The van der Waals surface area contributed by atoms with Gasteiger partial charge in [0.05, 0.1) is 10.0 Å². The van der Waals surface area contributed by atoms with Crippen molar-refractivity contribution in [1.82, 2.24) is 4.98 Å². The number of benzene rings is 1. The second-order valence-electron chi connectivity index (χ2n) is 2.46. The summed E-state index contributed by atoms with van der Waals surface area (Å²) in [5, 5.41) is 3.09. The Hall–Kier alpha value is -0.790. The van der Waals surface area contributed by atoms with Gasteiger partial charge in [-0.25, -0.2) is 0 Å². The first-order valence-electron chi connectivity index (χ1n) is 3.47. The van der Waals surface area contributed by atoms with Crippen molar-refractivity contribution in [3.05, 3.63) is 40.6 Å². The van der Waals surface area contributed by atoms with E-state index < -0.39 is 0 Å². The number of nitrogens with zero attached hydrogens (tertiary/aromatic N) is 1. The maximum atomic E-state index is 5.95. The molecule has 0 spiro atoms. The van der Waals surface area contributed by atoms with Gasteiger partial charge in [0.15, 0.2) is 0 Å². The van der Waals surface area contributed by atoms with Gasteiger partial charge in [-0.2, -0.15) is 0 Å². The third-order valence-electron chi connectivity index (χ3n) is 1.71. The van der Waals surface area contributed by atoms with Crippen LogP contribution < -0.4 is 0 Å². The minimum absolute atomic E-state index is 0.567. The first-order valence-corrected chi connectivity index (χ1v) is 4.22. The first kappa shape index (κ1) is 7.84. The molecular formula is C9H5Cl2N. The van der Waals surface area contributed by atoms with E-state index in [1.54, 1.807) is 18.5 Å². The highest BCUT2D eigenvalue weighted by atomic mass is 35.5. The number of aromatic nitrogens is 1. The predicted octanol–water partition coefficient (Wildman–Crippen LogP) is 3.54. The molecule has 0 unspecified atom stereocenters. The van der Waals surface area contributed by atoms with E-state index in [1.807, 2.05) is 12.1 Å². The van der Waals surface area contributed by atoms with Crippen LogP contribution in [0.4, 0.5) is 0 Å². The molecule has 0 amide bonds. The molecule has 0 saturated heterocycles. The molecule has 60 valence electrons. The number of hydrogen-bond acceptors (Lipinski definition) is 1. The fourth-order valence-electron chi connectivity index (χ4n) is 1.10. The van der Waals surface area contributed by atoms with Crippen molar-refractivity contribution in [2.24, 2.45) is 0 Å². The Morgan fingerprint density at radius 1 is 1.08 bits per heavy atom. The van der Waals surface area contributed by atoms with Crippen LogP contribution in [-0.2, 0) is 0 Å². The second kappa shape index (κ2) is 2.92. The summed E-state index contributed by atoms with van der Waals surface area (Å²) in [6.07, 6.45) is 3.44. The average molecular weight is 198 g/mol. The molecule has 1 aromatic heterocycles. The van der Waals surface area contributed by atoms with Gasteiger partial charge in [-0.3, -0.25) is 4.98 Å². The average Bonchev–Trinajstić information content (AvgIpc) is 2.12. The molecule has 0 N–H and O–H groups in total. The molecule has 0 aliphatic rings. The summed E-state index contributed by atoms with van der Waals surface area (Å²) in [6.45, 7) is 0. The highest BCUT2D eigenvalue weighted by Gasteiger charge is 2.01. The lowest BCUT2D eigenvalue weighted by Crippen LogP contribution is -1.77. The SMILES string of the molecule is Clc1ccc2ccncc2c1Cl. The summed E-state index contributed by atoms with van der Waals surface area (Å²) in [5.41, 5.74) is 0. The van der Waals surface area contributed by atoms with Gasteiger partial charge in [0.1, 0.15) is 0 Å². The van der Waals surface area contributed by atoms with Gasteiger partial charge in [-0.1, -0.05) is 29.3 Å². The summed E-state index contributed by atoms with van der Waals surface area (Å²) in [4.78, 5) is 3.97. The summed E-state index contributed by atoms with van der Waals surface area (Å²) in [5.74, 6) is 0. The number of halogens is 2. The molecular weight excluding hydrogens is 193 g/mol. The first-order chi connectivity index (χ1) is 5.79. The lowest BCUT2D eigenvalue weighted by atomic mass is 10.2. The van der Waals surface area contributed by atoms with Crippen molar-refractivity contribution in [3.8, 4) is 0 Å². The smallest absolute Gasteiger partial charge is 0.0686 e. The maximum absolute atomic E-state index is 5.95. The highest BCUT2D eigenvalue weighted by Crippen LogP contribution is 2.29. The third-order valence-corrected chi connectivity index (χ3v) is 2.53. The Morgan fingerprint density at radius 3 is 2.75 bits per heavy atom. The quantitative estimate of drug-likeness (QED) is 0.630. The molecule has 2 aromatic rings. The van der Waals surface area contributed by atoms with E-state index in [4.69, 9.17) is 23.2 Å². The minimum Gasteiger partial charge on any atom is -0.264 e. The van der Waals surface area contributed by atoms with Crippen LogP contribution in [-0.4, -0.2) is 4.98 Å². The summed E-state index contributed by atoms with van der Waals surface area (Å²) >= 11 is 11.8. The van der Waals surface area contributed by atoms with E-state index in [9.17, 15) is 0 Å². The van der Waals surface area contributed by atoms with Gasteiger partial charge < -0.3 is 0 Å². The van der Waals surface area contributed by atoms with Crippen molar-refractivity contribution < 1.29 is 0 Å². The molecule has 0 atom stereocenters. The topological polar surface area (TPSA) is 12.9 Å². The number of hydrogen-bond donors (Lipinski definition) is 0. The molecule has 3 heteroatoms. The van der Waals surface area contributed by atoms with E-state index in [1.165, 1.54) is 0 Å². The van der Waals surface area contributed by atoms with Gasteiger partial charge in [-0.05, 0) is 17.5 Å². The lowest BCUT2D eigenvalue weighted by molar-refractivity contribution is 1.36. The minimum atomic E-state index is 0.567. The Labute approximate surface area is 79.9 Å². The summed E-state index contributed by atoms with van der Waals surface area (Å²) in [6, 6.07) is 5.61. The molecule has 12 heavy (non-hydrogen) atoms. The zero-order chi connectivity index (χ0) is 8.55. The molecule has 2 rings (SSSR count). The Balaban J connectivity index is 2.91. The van der Waals surface area contributed by atoms with E-state index in [2.05, 4.69) is 4.98 Å². The monoisotopic (exact) mass is 197 g/mol. The van der Waals surface area contributed by atoms with Crippen LogP contribution in [0.5, 0.6) is 0 Å². The van der Waals surface area contributed by atoms with E-state index in [-0.39, 0.29) is 0 Å². The number of fused-ring (bicyclic) bond motifs is 1. The fraction of sp³-hybridized carbons (Fsp3) is 0. The van der Waals surface area contributed by atoms with Crippen molar-refractivity contribution in [2.75, 3.05) is 0 Å². The van der Waals surface area contributed by atoms with Gasteiger partial charge in [0.25, 0.3) is 0 Å². The van der Waals surface area contributed by atoms with Gasteiger partial charge >= 0.3 is 0 Å². The molecule has 0 bridgehead atoms. The summed E-state index contributed by atoms with van der Waals surface area (Å²) in [7, 11) is 0. The fourth-order valence-corrected chi connectivity index (χ4v) is 1.48. The molecule has 0 saturated carbocycles. The highest BCUT2D eigenvalue weighted by molar-refractivity contribution is 6.45. The molecule has 0 radical (unpaired) electrons. The number of rotatable bonds is 0. The van der Waals surface area contributed by atoms with Gasteiger partial charge in [0.2, 0.25) is 0 Å². The molecule has 1 heterocycles. The van der Waals surface area contributed by atoms with Crippen LogP contribution in [0.15, 0.2) is 30.6 Å². The largest absolute Gasteiger partial charge is 0.264 e. The third kappa shape index (κ3) is 1.15. The molecule has 0 aliphatic heterocycles. The Morgan fingerprint density at radius 2 is 1.92 bits per heavy atom. The van der Waals surface area contributed by atoms with Crippen LogP contribution in [0.2, 0.25) is 10.0 Å². The molecule has 0 aliphatic carbocycles. The molecule has 1 nitrogen and oxygen atoms in total. The zero-order valence-corrected chi connectivity index (χ0v) is 7.60. The van der Waals surface area contributed by atoms with Crippen LogP contribution in [0, 0.1) is 0 Å². The second-order valence-corrected chi connectivity index (χ2v) is 3.24. The zero-order valence-electron chi connectivity index (χ0n) is 6.09. The summed E-state index contributed by atoms with van der Waals surface area (Å²) < 4.78 is 0. The van der Waals surface area contributed by atoms with Crippen molar-refractivity contribution in [2.45, 2.75) is 0 Å². The van der Waals surface area contributed by atoms with Gasteiger partial charge in [-0.15, -0.1) is 0 Å². The van der Waals surface area contributed by atoms with E-state index in [0.717, 1.165) is 10.8 Å². The van der Waals surface area contributed by atoms with E-state index >= 15 is 0 Å². The van der Waals surface area contributed by atoms with Crippen LogP contribution >= 0.6 is 23.2 Å². The lowest BCUT2D eigenvalue weighted by Gasteiger charge is -2.00. The van der Waals surface area contributed by atoms with Crippen molar-refractivity contribution >= 4 is 34.0 Å². The Bertz CT molecular complexity index is 426. The van der Waals surface area contributed by atoms with Crippen LogP contribution in [0.1, 0.15) is 0 Å². The van der Waals surface area contributed by atoms with Crippen LogP contribution in [0.3, 0.4) is 0 Å². The molecule has 0 fully saturated rings. The Kier molecular flexibility index (Phi) is 1.91. The molecule has 1 aromatic carbocycles. The van der Waals surface area contributed by atoms with Crippen LogP contribution in [0.25, 0.3) is 10.8 Å². The standard InChI is InChI=1S/C9H5Cl2N/c10-8-2-1-6-3-4-12-5-7(6)9(8)11/h1-5H. The number of pyridine rings is 1. The maximum Gasteiger partial charge on any atom is 0.0686 e. The normalized spacial score (nSPS) is 10.5. The van der Waals surface area contributed by atoms with E-state index in [0.29, 0.717) is 10.0 Å². The predicted molar refractivity (Wildman–Crippen MR) is 51.8 cm³/mol.